The van der Waals surface area contributed by atoms with Gasteiger partial charge in [0.15, 0.2) is 5.58 Å². The molecule has 0 N–H and O–H groups in total. The standard InChI is InChI=1S/C20H20N4O4/c25-20(13-18-17-6-1-2-7-19(17)28-21-18)23-10-8-22(9-11-23)14-15-4-3-5-16(12-15)24(26)27/h1-7,12H,8-11,13-14H2. The van der Waals surface area contributed by atoms with Crippen LogP contribution in [0.3, 0.4) is 0 Å². The Morgan fingerprint density at radius 3 is 2.68 bits per heavy atom. The Balaban J connectivity index is 1.33. The van der Waals surface area contributed by atoms with Crippen LogP contribution in [0.5, 0.6) is 0 Å². The number of hydrogen-bond donors (Lipinski definition) is 0. The van der Waals surface area contributed by atoms with Gasteiger partial charge in [0.25, 0.3) is 5.69 Å². The molecule has 144 valence electrons. The van der Waals surface area contributed by atoms with Crippen molar-refractivity contribution in [1.29, 1.82) is 0 Å². The molecule has 8 heteroatoms. The first-order valence-electron chi connectivity index (χ1n) is 9.17. The molecule has 1 aliphatic heterocycles. The van der Waals surface area contributed by atoms with Gasteiger partial charge in [0.1, 0.15) is 5.69 Å². The van der Waals surface area contributed by atoms with Gasteiger partial charge >= 0.3 is 0 Å². The first kappa shape index (κ1) is 18.1. The Labute approximate surface area is 161 Å². The maximum absolute atomic E-state index is 12.6. The van der Waals surface area contributed by atoms with Crippen molar-refractivity contribution in [2.45, 2.75) is 13.0 Å². The summed E-state index contributed by atoms with van der Waals surface area (Å²) in [7, 11) is 0. The Kier molecular flexibility index (Phi) is 5.03. The molecular formula is C20H20N4O4. The molecule has 1 saturated heterocycles. The molecule has 4 rings (SSSR count). The third-order valence-corrected chi connectivity index (χ3v) is 5.02. The lowest BCUT2D eigenvalue weighted by atomic mass is 10.1. The minimum absolute atomic E-state index is 0.0362. The number of nitrogens with zero attached hydrogens (tertiary/aromatic N) is 4. The van der Waals surface area contributed by atoms with Gasteiger partial charge < -0.3 is 9.42 Å². The van der Waals surface area contributed by atoms with E-state index >= 15 is 0 Å². The second-order valence-corrected chi connectivity index (χ2v) is 6.89. The number of para-hydroxylation sites is 1. The number of benzene rings is 2. The predicted octanol–water partition coefficient (Wildman–Crippen LogP) is 2.62. The molecule has 1 aliphatic rings. The molecule has 0 atom stereocenters. The summed E-state index contributed by atoms with van der Waals surface area (Å²) < 4.78 is 5.27. The largest absolute Gasteiger partial charge is 0.356 e. The molecule has 1 aromatic heterocycles. The van der Waals surface area contributed by atoms with Crippen molar-refractivity contribution in [3.8, 4) is 0 Å². The van der Waals surface area contributed by atoms with E-state index < -0.39 is 0 Å². The van der Waals surface area contributed by atoms with E-state index in [4.69, 9.17) is 4.52 Å². The molecular weight excluding hydrogens is 360 g/mol. The van der Waals surface area contributed by atoms with Crippen LogP contribution in [0, 0.1) is 10.1 Å². The molecule has 2 heterocycles. The zero-order chi connectivity index (χ0) is 19.5. The minimum Gasteiger partial charge on any atom is -0.356 e. The van der Waals surface area contributed by atoms with Gasteiger partial charge in [-0.15, -0.1) is 0 Å². The number of nitro groups is 1. The van der Waals surface area contributed by atoms with Crippen molar-refractivity contribution >= 4 is 22.6 Å². The average Bonchev–Trinajstić information content (AvgIpc) is 3.12. The number of aromatic nitrogens is 1. The fourth-order valence-electron chi connectivity index (χ4n) is 3.50. The molecule has 1 amide bonds. The third-order valence-electron chi connectivity index (χ3n) is 5.02. The van der Waals surface area contributed by atoms with Crippen LogP contribution in [0.25, 0.3) is 11.0 Å². The molecule has 0 bridgehead atoms. The Morgan fingerprint density at radius 1 is 1.11 bits per heavy atom. The van der Waals surface area contributed by atoms with Crippen molar-refractivity contribution in [2.24, 2.45) is 0 Å². The molecule has 2 aromatic carbocycles. The molecule has 0 unspecified atom stereocenters. The minimum atomic E-state index is -0.381. The van der Waals surface area contributed by atoms with Crippen LogP contribution in [0.15, 0.2) is 53.1 Å². The van der Waals surface area contributed by atoms with Crippen LogP contribution in [-0.2, 0) is 17.8 Å². The van der Waals surface area contributed by atoms with E-state index in [-0.39, 0.29) is 22.9 Å². The summed E-state index contributed by atoms with van der Waals surface area (Å²) in [6.07, 6.45) is 0.224. The maximum Gasteiger partial charge on any atom is 0.269 e. The summed E-state index contributed by atoms with van der Waals surface area (Å²) in [5.41, 5.74) is 2.36. The summed E-state index contributed by atoms with van der Waals surface area (Å²) in [6.45, 7) is 3.35. The van der Waals surface area contributed by atoms with Crippen molar-refractivity contribution in [1.82, 2.24) is 15.0 Å². The zero-order valence-corrected chi connectivity index (χ0v) is 15.3. The third kappa shape index (κ3) is 3.86. The molecule has 1 fully saturated rings. The van der Waals surface area contributed by atoms with Gasteiger partial charge in [-0.25, -0.2) is 0 Å². The Hall–Kier alpha value is -3.26. The topological polar surface area (TPSA) is 92.7 Å². The van der Waals surface area contributed by atoms with Crippen LogP contribution in [0.2, 0.25) is 0 Å². The van der Waals surface area contributed by atoms with Crippen LogP contribution in [0.1, 0.15) is 11.3 Å². The number of amides is 1. The highest BCUT2D eigenvalue weighted by atomic mass is 16.6. The number of nitro benzene ring substituents is 1. The lowest BCUT2D eigenvalue weighted by Crippen LogP contribution is -2.48. The number of hydrogen-bond acceptors (Lipinski definition) is 6. The highest BCUT2D eigenvalue weighted by molar-refractivity contribution is 5.86. The molecule has 0 aliphatic carbocycles. The number of fused-ring (bicyclic) bond motifs is 1. The van der Waals surface area contributed by atoms with E-state index in [9.17, 15) is 14.9 Å². The second kappa shape index (κ2) is 7.77. The van der Waals surface area contributed by atoms with Crippen LogP contribution in [0.4, 0.5) is 5.69 Å². The molecule has 8 nitrogen and oxygen atoms in total. The summed E-state index contributed by atoms with van der Waals surface area (Å²) in [5.74, 6) is 0.0362. The summed E-state index contributed by atoms with van der Waals surface area (Å²) in [6, 6.07) is 14.2. The van der Waals surface area contributed by atoms with E-state index in [1.54, 1.807) is 12.1 Å². The van der Waals surface area contributed by atoms with E-state index in [0.717, 1.165) is 24.0 Å². The second-order valence-electron chi connectivity index (χ2n) is 6.89. The number of non-ortho nitro benzene ring substituents is 1. The molecule has 0 spiro atoms. The normalized spacial score (nSPS) is 15.1. The summed E-state index contributed by atoms with van der Waals surface area (Å²) >= 11 is 0. The maximum atomic E-state index is 12.6. The van der Waals surface area contributed by atoms with Crippen LogP contribution in [-0.4, -0.2) is 52.0 Å². The first-order valence-corrected chi connectivity index (χ1v) is 9.17. The van der Waals surface area contributed by atoms with E-state index in [1.165, 1.54) is 6.07 Å². The van der Waals surface area contributed by atoms with Crippen molar-refractivity contribution in [3.05, 3.63) is 69.9 Å². The Bertz CT molecular complexity index is 1010. The summed E-state index contributed by atoms with van der Waals surface area (Å²) in [4.78, 5) is 27.2. The number of carbonyl (C=O) groups excluding carboxylic acids is 1. The molecule has 0 radical (unpaired) electrons. The van der Waals surface area contributed by atoms with Gasteiger partial charge in [0, 0.05) is 50.2 Å². The fraction of sp³-hybridized carbons (Fsp3) is 0.300. The van der Waals surface area contributed by atoms with Crippen LogP contribution < -0.4 is 0 Å². The molecule has 0 saturated carbocycles. The van der Waals surface area contributed by atoms with Gasteiger partial charge in [-0.2, -0.15) is 0 Å². The lowest BCUT2D eigenvalue weighted by Gasteiger charge is -2.34. The van der Waals surface area contributed by atoms with Gasteiger partial charge in [-0.05, 0) is 17.7 Å². The van der Waals surface area contributed by atoms with Gasteiger partial charge in [0.2, 0.25) is 5.91 Å². The van der Waals surface area contributed by atoms with E-state index in [2.05, 4.69) is 10.1 Å². The highest BCUT2D eigenvalue weighted by Gasteiger charge is 2.23. The fourth-order valence-corrected chi connectivity index (χ4v) is 3.50. The van der Waals surface area contributed by atoms with Crippen molar-refractivity contribution in [3.63, 3.8) is 0 Å². The molecule has 28 heavy (non-hydrogen) atoms. The highest BCUT2D eigenvalue weighted by Crippen LogP contribution is 2.19. The number of rotatable bonds is 5. The van der Waals surface area contributed by atoms with Gasteiger partial charge in [-0.3, -0.25) is 19.8 Å². The average molecular weight is 380 g/mol. The van der Waals surface area contributed by atoms with Crippen molar-refractivity contribution < 1.29 is 14.2 Å². The van der Waals surface area contributed by atoms with Gasteiger partial charge in [-0.1, -0.05) is 29.4 Å². The lowest BCUT2D eigenvalue weighted by molar-refractivity contribution is -0.384. The first-order chi connectivity index (χ1) is 13.6. The predicted molar refractivity (Wildman–Crippen MR) is 103 cm³/mol. The monoisotopic (exact) mass is 380 g/mol. The summed E-state index contributed by atoms with van der Waals surface area (Å²) in [5, 5.41) is 15.8. The Morgan fingerprint density at radius 2 is 1.89 bits per heavy atom. The van der Waals surface area contributed by atoms with Crippen LogP contribution >= 0.6 is 0 Å². The van der Waals surface area contributed by atoms with E-state index in [1.807, 2.05) is 35.2 Å². The smallest absolute Gasteiger partial charge is 0.269 e. The quantitative estimate of drug-likeness (QED) is 0.499. The SMILES string of the molecule is O=C(Cc1noc2ccccc12)N1CCN(Cc2cccc([N+](=O)[O-])c2)CC1. The van der Waals surface area contributed by atoms with Gasteiger partial charge in [0.05, 0.1) is 11.3 Å². The zero-order valence-electron chi connectivity index (χ0n) is 15.3. The number of piperazine rings is 1. The van der Waals surface area contributed by atoms with E-state index in [0.29, 0.717) is 30.9 Å². The number of carbonyl (C=O) groups is 1. The van der Waals surface area contributed by atoms with Crippen molar-refractivity contribution in [2.75, 3.05) is 26.2 Å². The molecule has 3 aromatic rings.